The summed E-state index contributed by atoms with van der Waals surface area (Å²) in [6.07, 6.45) is 2.06. The van der Waals surface area contributed by atoms with Crippen molar-refractivity contribution in [2.75, 3.05) is 13.1 Å². The fourth-order valence-corrected chi connectivity index (χ4v) is 4.08. The van der Waals surface area contributed by atoms with Gasteiger partial charge in [-0.25, -0.2) is 4.79 Å². The highest BCUT2D eigenvalue weighted by atomic mass is 16.1. The highest BCUT2D eigenvalue weighted by Crippen LogP contribution is 2.26. The van der Waals surface area contributed by atoms with E-state index in [1.807, 2.05) is 29.8 Å². The van der Waals surface area contributed by atoms with Crippen LogP contribution in [0.5, 0.6) is 0 Å². The molecule has 3 aromatic rings. The van der Waals surface area contributed by atoms with E-state index in [9.17, 15) is 4.79 Å². The molecule has 0 N–H and O–H groups in total. The lowest BCUT2D eigenvalue weighted by atomic mass is 10.0. The molecule has 4 rings (SSSR count). The highest BCUT2D eigenvalue weighted by molar-refractivity contribution is 5.76. The molecule has 130 valence electrons. The number of benzene rings is 2. The zero-order valence-corrected chi connectivity index (χ0v) is 15.0. The van der Waals surface area contributed by atoms with Gasteiger partial charge in [0.25, 0.3) is 0 Å². The summed E-state index contributed by atoms with van der Waals surface area (Å²) >= 11 is 0. The van der Waals surface area contributed by atoms with Gasteiger partial charge in [0.15, 0.2) is 0 Å². The first-order valence-electron chi connectivity index (χ1n) is 9.07. The van der Waals surface area contributed by atoms with Crippen molar-refractivity contribution in [3.05, 3.63) is 70.1 Å². The van der Waals surface area contributed by atoms with Crippen LogP contribution in [-0.4, -0.2) is 27.1 Å². The molecule has 4 heteroatoms. The molecule has 0 spiro atoms. The third-order valence-corrected chi connectivity index (χ3v) is 5.41. The monoisotopic (exact) mass is 335 g/mol. The Morgan fingerprint density at radius 3 is 2.44 bits per heavy atom. The van der Waals surface area contributed by atoms with Crippen LogP contribution < -0.4 is 5.69 Å². The maximum Gasteiger partial charge on any atom is 0.329 e. The topological polar surface area (TPSA) is 30.2 Å². The van der Waals surface area contributed by atoms with E-state index in [0.717, 1.165) is 43.5 Å². The minimum Gasteiger partial charge on any atom is -0.299 e. The molecule has 0 saturated carbocycles. The van der Waals surface area contributed by atoms with Crippen LogP contribution in [-0.2, 0) is 13.6 Å². The molecule has 2 heterocycles. The number of likely N-dealkylation sites (tertiary alicyclic amines) is 1. The summed E-state index contributed by atoms with van der Waals surface area (Å²) in [6.45, 7) is 5.21. The Kier molecular flexibility index (Phi) is 4.22. The van der Waals surface area contributed by atoms with Crippen LogP contribution in [0.25, 0.3) is 11.0 Å². The van der Waals surface area contributed by atoms with Gasteiger partial charge in [-0.3, -0.25) is 14.0 Å². The molecular weight excluding hydrogens is 310 g/mol. The highest BCUT2D eigenvalue weighted by Gasteiger charge is 2.24. The number of imidazole rings is 1. The van der Waals surface area contributed by atoms with Gasteiger partial charge in [0.2, 0.25) is 0 Å². The van der Waals surface area contributed by atoms with E-state index in [1.165, 1.54) is 11.1 Å². The van der Waals surface area contributed by atoms with E-state index in [-0.39, 0.29) is 5.69 Å². The van der Waals surface area contributed by atoms with E-state index in [4.69, 9.17) is 0 Å². The Morgan fingerprint density at radius 2 is 1.72 bits per heavy atom. The number of fused-ring (bicyclic) bond motifs is 1. The van der Waals surface area contributed by atoms with E-state index in [2.05, 4.69) is 42.2 Å². The van der Waals surface area contributed by atoms with E-state index in [1.54, 1.807) is 4.57 Å². The Morgan fingerprint density at radius 1 is 1.00 bits per heavy atom. The lowest BCUT2D eigenvalue weighted by molar-refractivity contribution is 0.179. The molecule has 25 heavy (non-hydrogen) atoms. The normalized spacial score (nSPS) is 16.6. The Hall–Kier alpha value is -2.33. The Bertz CT molecular complexity index is 945. The van der Waals surface area contributed by atoms with Crippen molar-refractivity contribution in [3.8, 4) is 0 Å². The molecular formula is C21H25N3O. The van der Waals surface area contributed by atoms with Crippen LogP contribution in [0.2, 0.25) is 0 Å². The molecule has 0 unspecified atom stereocenters. The first-order valence-corrected chi connectivity index (χ1v) is 9.07. The van der Waals surface area contributed by atoms with Gasteiger partial charge in [-0.05, 0) is 37.5 Å². The number of nitrogens with zero attached hydrogens (tertiary/aromatic N) is 3. The molecule has 1 saturated heterocycles. The number of aromatic nitrogens is 2. The van der Waals surface area contributed by atoms with Gasteiger partial charge in [0.05, 0.1) is 11.0 Å². The van der Waals surface area contributed by atoms with Gasteiger partial charge in [0, 0.05) is 32.7 Å². The fourth-order valence-electron chi connectivity index (χ4n) is 4.08. The van der Waals surface area contributed by atoms with E-state index >= 15 is 0 Å². The summed E-state index contributed by atoms with van der Waals surface area (Å²) < 4.78 is 3.79. The molecule has 0 atom stereocenters. The van der Waals surface area contributed by atoms with E-state index < -0.39 is 0 Å². The molecule has 1 aliphatic heterocycles. The third kappa shape index (κ3) is 3.02. The van der Waals surface area contributed by atoms with Gasteiger partial charge in [0.1, 0.15) is 0 Å². The molecule has 1 aliphatic rings. The maximum absolute atomic E-state index is 12.7. The maximum atomic E-state index is 12.7. The largest absolute Gasteiger partial charge is 0.329 e. The lowest BCUT2D eigenvalue weighted by Crippen LogP contribution is -2.37. The molecule has 0 amide bonds. The van der Waals surface area contributed by atoms with Crippen LogP contribution in [0, 0.1) is 6.92 Å². The third-order valence-electron chi connectivity index (χ3n) is 5.41. The number of hydrogen-bond acceptors (Lipinski definition) is 2. The summed E-state index contributed by atoms with van der Waals surface area (Å²) in [4.78, 5) is 15.2. The second kappa shape index (κ2) is 6.52. The van der Waals surface area contributed by atoms with Crippen LogP contribution in [0.3, 0.4) is 0 Å². The van der Waals surface area contributed by atoms with Crippen LogP contribution in [0.15, 0.2) is 53.3 Å². The number of rotatable bonds is 3. The zero-order valence-electron chi connectivity index (χ0n) is 15.0. The molecule has 1 fully saturated rings. The van der Waals surface area contributed by atoms with Gasteiger partial charge < -0.3 is 0 Å². The fraction of sp³-hybridized carbons (Fsp3) is 0.381. The lowest BCUT2D eigenvalue weighted by Gasteiger charge is -2.32. The SMILES string of the molecule is Cc1cccc(CN2CCC(n3c(=O)n(C)c4ccccc43)CC2)c1. The van der Waals surface area contributed by atoms with Crippen molar-refractivity contribution in [2.45, 2.75) is 32.4 Å². The number of para-hydroxylation sites is 2. The second-order valence-electron chi connectivity index (χ2n) is 7.20. The number of hydrogen-bond donors (Lipinski definition) is 0. The van der Waals surface area contributed by atoms with Crippen molar-refractivity contribution < 1.29 is 0 Å². The predicted molar refractivity (Wildman–Crippen MR) is 102 cm³/mol. The first-order chi connectivity index (χ1) is 12.1. The molecule has 0 bridgehead atoms. The van der Waals surface area contributed by atoms with Gasteiger partial charge in [-0.1, -0.05) is 42.0 Å². The first kappa shape index (κ1) is 16.2. The van der Waals surface area contributed by atoms with E-state index in [0.29, 0.717) is 6.04 Å². The summed E-state index contributed by atoms with van der Waals surface area (Å²) in [7, 11) is 1.87. The number of piperidine rings is 1. The molecule has 4 nitrogen and oxygen atoms in total. The van der Waals surface area contributed by atoms with Crippen LogP contribution >= 0.6 is 0 Å². The average molecular weight is 335 g/mol. The second-order valence-corrected chi connectivity index (χ2v) is 7.20. The molecule has 2 aromatic carbocycles. The quantitative estimate of drug-likeness (QED) is 0.733. The van der Waals surface area contributed by atoms with Crippen LogP contribution in [0.1, 0.15) is 30.0 Å². The molecule has 0 aliphatic carbocycles. The van der Waals surface area contributed by atoms with Crippen molar-refractivity contribution in [2.24, 2.45) is 7.05 Å². The van der Waals surface area contributed by atoms with Gasteiger partial charge in [-0.2, -0.15) is 0 Å². The zero-order chi connectivity index (χ0) is 17.4. The Balaban J connectivity index is 1.51. The minimum atomic E-state index is 0.110. The smallest absolute Gasteiger partial charge is 0.299 e. The summed E-state index contributed by atoms with van der Waals surface area (Å²) in [5.41, 5.74) is 4.88. The predicted octanol–water partition coefficient (Wildman–Crippen LogP) is 3.49. The molecule has 1 aromatic heterocycles. The standard InChI is InChI=1S/C21H25N3O/c1-16-6-5-7-17(14-16)15-23-12-10-18(11-13-23)24-20-9-4-3-8-19(20)22(2)21(24)25/h3-9,14,18H,10-13,15H2,1-2H3. The van der Waals surface area contributed by atoms with Crippen molar-refractivity contribution >= 4 is 11.0 Å². The Labute approximate surface area is 148 Å². The average Bonchev–Trinajstić information content (AvgIpc) is 2.87. The van der Waals surface area contributed by atoms with Gasteiger partial charge in [-0.15, -0.1) is 0 Å². The van der Waals surface area contributed by atoms with Gasteiger partial charge >= 0.3 is 5.69 Å². The van der Waals surface area contributed by atoms with Crippen molar-refractivity contribution in [3.63, 3.8) is 0 Å². The molecule has 0 radical (unpaired) electrons. The summed E-state index contributed by atoms with van der Waals surface area (Å²) in [5.74, 6) is 0. The summed E-state index contributed by atoms with van der Waals surface area (Å²) in [6, 6.07) is 17.1. The van der Waals surface area contributed by atoms with Crippen LogP contribution in [0.4, 0.5) is 0 Å². The summed E-state index contributed by atoms with van der Waals surface area (Å²) in [5, 5.41) is 0. The van der Waals surface area contributed by atoms with Crippen molar-refractivity contribution in [1.29, 1.82) is 0 Å². The minimum absolute atomic E-state index is 0.110. The number of aryl methyl sites for hydroxylation is 2. The van der Waals surface area contributed by atoms with Crippen molar-refractivity contribution in [1.82, 2.24) is 14.0 Å².